The molecule has 24 heavy (non-hydrogen) atoms. The summed E-state index contributed by atoms with van der Waals surface area (Å²) < 4.78 is 39.1. The first-order chi connectivity index (χ1) is 11.2. The largest absolute Gasteiger partial charge is 0.417 e. The molecule has 0 unspecified atom stereocenters. The maximum atomic E-state index is 12.8. The topological polar surface area (TPSA) is 45.5 Å². The summed E-state index contributed by atoms with van der Waals surface area (Å²) in [6, 6.07) is 1.80. The standard InChI is InChI=1S/C16H22F3N3O2/c1-20(2)13-5-3-4-8-21(10-13)15(24)11-22-9-12(16(17,18)19)6-7-14(22)23/h6-7,9,13H,3-5,8,10-11H2,1-2H3/t13-/m0/s1. The lowest BCUT2D eigenvalue weighted by atomic mass is 10.1. The molecule has 1 amide bonds. The summed E-state index contributed by atoms with van der Waals surface area (Å²) in [6.07, 6.45) is -1.01. The number of halogens is 3. The van der Waals surface area contributed by atoms with Gasteiger partial charge in [0.05, 0.1) is 5.56 Å². The number of carbonyl (C=O) groups excluding carboxylic acids is 1. The minimum Gasteiger partial charge on any atom is -0.340 e. The summed E-state index contributed by atoms with van der Waals surface area (Å²) in [5.41, 5.74) is -1.55. The van der Waals surface area contributed by atoms with Gasteiger partial charge in [0, 0.05) is 31.4 Å². The highest BCUT2D eigenvalue weighted by molar-refractivity contribution is 5.76. The second kappa shape index (κ2) is 7.38. The van der Waals surface area contributed by atoms with Gasteiger partial charge in [0.1, 0.15) is 6.54 Å². The van der Waals surface area contributed by atoms with Crippen molar-refractivity contribution in [1.82, 2.24) is 14.4 Å². The molecule has 0 aliphatic carbocycles. The third-order valence-electron chi connectivity index (χ3n) is 4.35. The molecule has 0 spiro atoms. The van der Waals surface area contributed by atoms with Gasteiger partial charge in [-0.25, -0.2) is 0 Å². The summed E-state index contributed by atoms with van der Waals surface area (Å²) in [6.45, 7) is 0.722. The molecule has 0 radical (unpaired) electrons. The number of rotatable bonds is 3. The fraction of sp³-hybridized carbons (Fsp3) is 0.625. The van der Waals surface area contributed by atoms with Crippen molar-refractivity contribution in [2.75, 3.05) is 27.2 Å². The zero-order chi connectivity index (χ0) is 17.9. The highest BCUT2D eigenvalue weighted by Gasteiger charge is 2.31. The number of nitrogens with zero attached hydrogens (tertiary/aromatic N) is 3. The van der Waals surface area contributed by atoms with E-state index in [1.807, 2.05) is 19.0 Å². The number of pyridine rings is 1. The first kappa shape index (κ1) is 18.5. The molecular weight excluding hydrogens is 323 g/mol. The van der Waals surface area contributed by atoms with Gasteiger partial charge in [0.2, 0.25) is 5.91 Å². The van der Waals surface area contributed by atoms with Crippen LogP contribution in [-0.2, 0) is 17.5 Å². The average Bonchev–Trinajstić information content (AvgIpc) is 2.74. The zero-order valence-electron chi connectivity index (χ0n) is 13.8. The molecular formula is C16H22F3N3O2. The van der Waals surface area contributed by atoms with E-state index in [1.54, 1.807) is 4.90 Å². The van der Waals surface area contributed by atoms with Crippen LogP contribution in [0.4, 0.5) is 13.2 Å². The van der Waals surface area contributed by atoms with E-state index in [2.05, 4.69) is 0 Å². The van der Waals surface area contributed by atoms with Crippen molar-refractivity contribution in [2.24, 2.45) is 0 Å². The smallest absolute Gasteiger partial charge is 0.340 e. The van der Waals surface area contributed by atoms with Gasteiger partial charge in [-0.1, -0.05) is 6.42 Å². The van der Waals surface area contributed by atoms with E-state index in [4.69, 9.17) is 0 Å². The minimum atomic E-state index is -4.54. The van der Waals surface area contributed by atoms with Gasteiger partial charge in [0.15, 0.2) is 0 Å². The molecule has 0 saturated carbocycles. The van der Waals surface area contributed by atoms with Crippen LogP contribution in [0.1, 0.15) is 24.8 Å². The van der Waals surface area contributed by atoms with Crippen LogP contribution in [0.25, 0.3) is 0 Å². The first-order valence-corrected chi connectivity index (χ1v) is 7.90. The number of alkyl halides is 3. The minimum absolute atomic E-state index is 0.217. The van der Waals surface area contributed by atoms with Crippen LogP contribution in [0.3, 0.4) is 0 Å². The summed E-state index contributed by atoms with van der Waals surface area (Å²) in [4.78, 5) is 27.9. The van der Waals surface area contributed by atoms with E-state index >= 15 is 0 Å². The van der Waals surface area contributed by atoms with Gasteiger partial charge in [-0.15, -0.1) is 0 Å². The van der Waals surface area contributed by atoms with Crippen LogP contribution >= 0.6 is 0 Å². The molecule has 1 aliphatic heterocycles. The zero-order valence-corrected chi connectivity index (χ0v) is 13.8. The van der Waals surface area contributed by atoms with E-state index in [0.717, 1.165) is 36.0 Å². The molecule has 2 heterocycles. The number of amides is 1. The predicted molar refractivity (Wildman–Crippen MR) is 83.6 cm³/mol. The third kappa shape index (κ3) is 4.59. The number of likely N-dealkylation sites (N-methyl/N-ethyl adjacent to an activating group) is 1. The lowest BCUT2D eigenvalue weighted by Gasteiger charge is -2.28. The molecule has 0 bridgehead atoms. The van der Waals surface area contributed by atoms with Crippen LogP contribution < -0.4 is 5.56 Å². The summed E-state index contributed by atoms with van der Waals surface area (Å²) in [7, 11) is 3.88. The second-order valence-corrected chi connectivity index (χ2v) is 6.33. The molecule has 0 N–H and O–H groups in total. The van der Waals surface area contributed by atoms with E-state index < -0.39 is 17.3 Å². The Bertz CT molecular complexity index is 640. The SMILES string of the molecule is CN(C)[C@H]1CCCCN(C(=O)Cn2cc(C(F)(F)F)ccc2=O)C1. The Morgan fingerprint density at radius 2 is 2.00 bits per heavy atom. The Hall–Kier alpha value is -1.83. The number of aromatic nitrogens is 1. The molecule has 1 aromatic heterocycles. The first-order valence-electron chi connectivity index (χ1n) is 7.90. The van der Waals surface area contributed by atoms with Gasteiger partial charge in [0.25, 0.3) is 5.56 Å². The van der Waals surface area contributed by atoms with Crippen molar-refractivity contribution in [2.45, 2.75) is 38.0 Å². The Kier molecular flexibility index (Phi) is 5.69. The molecule has 1 aromatic rings. The number of likely N-dealkylation sites (tertiary alicyclic amines) is 1. The van der Waals surface area contributed by atoms with Crippen molar-refractivity contribution in [1.29, 1.82) is 0 Å². The second-order valence-electron chi connectivity index (χ2n) is 6.33. The molecule has 134 valence electrons. The van der Waals surface area contributed by atoms with E-state index in [9.17, 15) is 22.8 Å². The van der Waals surface area contributed by atoms with Crippen molar-refractivity contribution in [3.63, 3.8) is 0 Å². The Balaban J connectivity index is 2.15. The molecule has 2 rings (SSSR count). The van der Waals surface area contributed by atoms with Crippen LogP contribution in [0, 0.1) is 0 Å². The van der Waals surface area contributed by atoms with Crippen molar-refractivity contribution >= 4 is 5.91 Å². The number of hydrogen-bond acceptors (Lipinski definition) is 3. The van der Waals surface area contributed by atoms with E-state index in [-0.39, 0.29) is 18.5 Å². The monoisotopic (exact) mass is 345 g/mol. The molecule has 5 nitrogen and oxygen atoms in total. The summed E-state index contributed by atoms with van der Waals surface area (Å²) >= 11 is 0. The van der Waals surface area contributed by atoms with Crippen LogP contribution in [-0.4, -0.2) is 53.5 Å². The van der Waals surface area contributed by atoms with Gasteiger partial charge < -0.3 is 14.4 Å². The average molecular weight is 345 g/mol. The Labute approximate surface area is 138 Å². The summed E-state index contributed by atoms with van der Waals surface area (Å²) in [5, 5.41) is 0. The molecule has 1 fully saturated rings. The maximum Gasteiger partial charge on any atom is 0.417 e. The summed E-state index contributed by atoms with van der Waals surface area (Å²) in [5.74, 6) is -0.329. The number of hydrogen-bond donors (Lipinski definition) is 0. The van der Waals surface area contributed by atoms with Crippen LogP contribution in [0.2, 0.25) is 0 Å². The quantitative estimate of drug-likeness (QED) is 0.839. The lowest BCUT2D eigenvalue weighted by Crippen LogP contribution is -2.43. The fourth-order valence-corrected chi connectivity index (χ4v) is 2.84. The van der Waals surface area contributed by atoms with E-state index in [0.29, 0.717) is 19.3 Å². The predicted octanol–water partition coefficient (Wildman–Crippen LogP) is 1.81. The van der Waals surface area contributed by atoms with Gasteiger partial charge in [-0.2, -0.15) is 13.2 Å². The lowest BCUT2D eigenvalue weighted by molar-refractivity contribution is -0.138. The molecule has 0 aromatic carbocycles. The third-order valence-corrected chi connectivity index (χ3v) is 4.35. The molecule has 1 aliphatic rings. The highest BCUT2D eigenvalue weighted by Crippen LogP contribution is 2.28. The normalized spacial score (nSPS) is 19.4. The Morgan fingerprint density at radius 1 is 1.29 bits per heavy atom. The number of carbonyl (C=O) groups is 1. The highest BCUT2D eigenvalue weighted by atomic mass is 19.4. The van der Waals surface area contributed by atoms with Gasteiger partial charge in [-0.05, 0) is 33.0 Å². The maximum absolute atomic E-state index is 12.8. The fourth-order valence-electron chi connectivity index (χ4n) is 2.84. The van der Waals surface area contributed by atoms with Crippen molar-refractivity contribution in [3.05, 3.63) is 34.2 Å². The van der Waals surface area contributed by atoms with Crippen LogP contribution in [0.5, 0.6) is 0 Å². The van der Waals surface area contributed by atoms with Crippen molar-refractivity contribution < 1.29 is 18.0 Å². The molecule has 1 saturated heterocycles. The van der Waals surface area contributed by atoms with Gasteiger partial charge >= 0.3 is 6.18 Å². The van der Waals surface area contributed by atoms with Crippen LogP contribution in [0.15, 0.2) is 23.1 Å². The van der Waals surface area contributed by atoms with Crippen molar-refractivity contribution in [3.8, 4) is 0 Å². The van der Waals surface area contributed by atoms with E-state index in [1.165, 1.54) is 0 Å². The Morgan fingerprint density at radius 3 is 2.62 bits per heavy atom. The van der Waals surface area contributed by atoms with Gasteiger partial charge in [-0.3, -0.25) is 9.59 Å². The molecule has 8 heteroatoms. The molecule has 1 atom stereocenters.